The Labute approximate surface area is 159 Å². The van der Waals surface area contributed by atoms with E-state index in [-0.39, 0.29) is 11.7 Å². The van der Waals surface area contributed by atoms with Crippen molar-refractivity contribution in [1.29, 1.82) is 0 Å². The molecule has 140 valence electrons. The van der Waals surface area contributed by atoms with E-state index in [1.807, 2.05) is 31.2 Å². The van der Waals surface area contributed by atoms with Crippen LogP contribution in [0, 0.1) is 12.7 Å². The number of benzene rings is 2. The van der Waals surface area contributed by atoms with E-state index in [2.05, 4.69) is 16.1 Å². The quantitative estimate of drug-likeness (QED) is 0.824. The zero-order chi connectivity index (χ0) is 18.8. The second kappa shape index (κ2) is 7.61. The minimum atomic E-state index is -0.392. The minimum absolute atomic E-state index is 0.0622. The van der Waals surface area contributed by atoms with Gasteiger partial charge in [0.05, 0.1) is 18.3 Å². The molecule has 0 aliphatic carbocycles. The molecule has 1 amide bonds. The molecule has 1 unspecified atom stereocenters. The Morgan fingerprint density at radius 3 is 2.67 bits per heavy atom. The van der Waals surface area contributed by atoms with E-state index in [1.165, 1.54) is 11.1 Å². The number of halogens is 1. The summed E-state index contributed by atoms with van der Waals surface area (Å²) in [5.41, 5.74) is 3.49. The molecule has 0 aromatic heterocycles. The number of hydrazone groups is 1. The van der Waals surface area contributed by atoms with Gasteiger partial charge in [0, 0.05) is 12.0 Å². The molecule has 5 heteroatoms. The third kappa shape index (κ3) is 3.78. The van der Waals surface area contributed by atoms with E-state index < -0.39 is 6.04 Å². The summed E-state index contributed by atoms with van der Waals surface area (Å²) < 4.78 is 14.5. The Hall–Kier alpha value is -2.53. The van der Waals surface area contributed by atoms with Gasteiger partial charge in [-0.25, -0.2) is 9.40 Å². The fourth-order valence-electron chi connectivity index (χ4n) is 3.93. The lowest BCUT2D eigenvalue weighted by Gasteiger charge is -2.24. The van der Waals surface area contributed by atoms with Crippen LogP contribution in [0.1, 0.15) is 42.0 Å². The van der Waals surface area contributed by atoms with Crippen LogP contribution in [0.3, 0.4) is 0 Å². The Morgan fingerprint density at radius 2 is 1.93 bits per heavy atom. The van der Waals surface area contributed by atoms with Crippen molar-refractivity contribution in [2.24, 2.45) is 5.10 Å². The standard InChI is InChI=1S/C22H24FN3O/c1-16-7-6-8-17(13-16)20-14-21(18-9-2-3-10-19(18)23)26(24-20)22(27)15-25-11-4-5-12-25/h2-3,6-10,13,21H,4-5,11-12,14-15H2,1H3. The molecule has 2 aliphatic heterocycles. The lowest BCUT2D eigenvalue weighted by atomic mass is 9.97. The lowest BCUT2D eigenvalue weighted by molar-refractivity contribution is -0.134. The van der Waals surface area contributed by atoms with Crippen LogP contribution < -0.4 is 0 Å². The highest BCUT2D eigenvalue weighted by molar-refractivity contribution is 6.03. The topological polar surface area (TPSA) is 35.9 Å². The van der Waals surface area contributed by atoms with Crippen LogP contribution in [-0.4, -0.2) is 41.2 Å². The predicted molar refractivity (Wildman–Crippen MR) is 104 cm³/mol. The van der Waals surface area contributed by atoms with Gasteiger partial charge in [0.2, 0.25) is 0 Å². The van der Waals surface area contributed by atoms with E-state index in [0.717, 1.165) is 42.8 Å². The monoisotopic (exact) mass is 365 g/mol. The van der Waals surface area contributed by atoms with Crippen molar-refractivity contribution in [3.8, 4) is 0 Å². The molecule has 4 rings (SSSR count). The summed E-state index contributed by atoms with van der Waals surface area (Å²) in [5.74, 6) is -0.352. The minimum Gasteiger partial charge on any atom is -0.294 e. The maximum atomic E-state index is 14.5. The molecule has 1 fully saturated rings. The van der Waals surface area contributed by atoms with Crippen LogP contribution in [0.5, 0.6) is 0 Å². The lowest BCUT2D eigenvalue weighted by Crippen LogP contribution is -2.37. The molecule has 2 aromatic carbocycles. The highest BCUT2D eigenvalue weighted by Gasteiger charge is 2.35. The van der Waals surface area contributed by atoms with Gasteiger partial charge in [0.15, 0.2) is 0 Å². The summed E-state index contributed by atoms with van der Waals surface area (Å²) in [4.78, 5) is 15.1. The number of amides is 1. The van der Waals surface area contributed by atoms with Gasteiger partial charge in [0.25, 0.3) is 5.91 Å². The molecular weight excluding hydrogens is 341 g/mol. The summed E-state index contributed by atoms with van der Waals surface area (Å²) >= 11 is 0. The van der Waals surface area contributed by atoms with Gasteiger partial charge in [-0.15, -0.1) is 0 Å². The predicted octanol–water partition coefficient (Wildman–Crippen LogP) is 3.91. The summed E-state index contributed by atoms with van der Waals surface area (Å²) in [6, 6.07) is 14.4. The molecule has 27 heavy (non-hydrogen) atoms. The fraction of sp³-hybridized carbons (Fsp3) is 0.364. The first kappa shape index (κ1) is 17.9. The summed E-state index contributed by atoms with van der Waals surface area (Å²) in [7, 11) is 0. The van der Waals surface area contributed by atoms with Gasteiger partial charge in [-0.3, -0.25) is 9.69 Å². The van der Waals surface area contributed by atoms with Crippen LogP contribution in [0.15, 0.2) is 53.6 Å². The highest BCUT2D eigenvalue weighted by Crippen LogP contribution is 2.34. The number of hydrogen-bond donors (Lipinski definition) is 0. The van der Waals surface area contributed by atoms with Gasteiger partial charge in [-0.1, -0.05) is 48.0 Å². The number of aryl methyl sites for hydroxylation is 1. The van der Waals surface area contributed by atoms with Crippen LogP contribution >= 0.6 is 0 Å². The molecule has 2 aliphatic rings. The van der Waals surface area contributed by atoms with E-state index in [0.29, 0.717) is 18.5 Å². The van der Waals surface area contributed by atoms with Gasteiger partial charge in [-0.2, -0.15) is 5.10 Å². The molecule has 0 spiro atoms. The smallest absolute Gasteiger partial charge is 0.257 e. The largest absolute Gasteiger partial charge is 0.294 e. The average molecular weight is 365 g/mol. The van der Waals surface area contributed by atoms with E-state index >= 15 is 0 Å². The van der Waals surface area contributed by atoms with Crippen molar-refractivity contribution in [2.45, 2.75) is 32.2 Å². The zero-order valence-electron chi connectivity index (χ0n) is 15.6. The van der Waals surface area contributed by atoms with Crippen molar-refractivity contribution in [3.63, 3.8) is 0 Å². The zero-order valence-corrected chi connectivity index (χ0v) is 15.6. The van der Waals surface area contributed by atoms with Gasteiger partial charge in [-0.05, 0) is 44.5 Å². The molecule has 1 atom stereocenters. The average Bonchev–Trinajstić information content (AvgIpc) is 3.32. The first-order valence-electron chi connectivity index (χ1n) is 9.55. The van der Waals surface area contributed by atoms with Crippen LogP contribution in [0.2, 0.25) is 0 Å². The SMILES string of the molecule is Cc1cccc(C2=NN(C(=O)CN3CCCC3)C(c3ccccc3F)C2)c1. The summed E-state index contributed by atoms with van der Waals surface area (Å²) in [5, 5.41) is 6.16. The highest BCUT2D eigenvalue weighted by atomic mass is 19.1. The maximum absolute atomic E-state index is 14.5. The Morgan fingerprint density at radius 1 is 1.15 bits per heavy atom. The van der Waals surface area contributed by atoms with E-state index in [9.17, 15) is 9.18 Å². The van der Waals surface area contributed by atoms with E-state index in [1.54, 1.807) is 12.1 Å². The van der Waals surface area contributed by atoms with Gasteiger partial charge >= 0.3 is 0 Å². The van der Waals surface area contributed by atoms with Crippen molar-refractivity contribution >= 4 is 11.6 Å². The molecule has 1 saturated heterocycles. The maximum Gasteiger partial charge on any atom is 0.257 e. The van der Waals surface area contributed by atoms with Crippen LogP contribution in [0.4, 0.5) is 4.39 Å². The number of hydrogen-bond acceptors (Lipinski definition) is 3. The number of carbonyl (C=O) groups is 1. The summed E-state index contributed by atoms with van der Waals surface area (Å²) in [6.45, 7) is 4.26. The molecular formula is C22H24FN3O. The third-order valence-electron chi connectivity index (χ3n) is 5.34. The first-order valence-corrected chi connectivity index (χ1v) is 9.55. The fourth-order valence-corrected chi connectivity index (χ4v) is 3.93. The van der Waals surface area contributed by atoms with Crippen LogP contribution in [0.25, 0.3) is 0 Å². The van der Waals surface area contributed by atoms with Crippen molar-refractivity contribution in [3.05, 3.63) is 71.0 Å². The normalized spacial score (nSPS) is 20.1. The molecule has 4 nitrogen and oxygen atoms in total. The van der Waals surface area contributed by atoms with Crippen molar-refractivity contribution < 1.29 is 9.18 Å². The molecule has 0 radical (unpaired) electrons. The number of carbonyl (C=O) groups excluding carboxylic acids is 1. The second-order valence-corrected chi connectivity index (χ2v) is 7.38. The van der Waals surface area contributed by atoms with Crippen LogP contribution in [-0.2, 0) is 4.79 Å². The van der Waals surface area contributed by atoms with Crippen molar-refractivity contribution in [2.75, 3.05) is 19.6 Å². The Balaban J connectivity index is 1.65. The van der Waals surface area contributed by atoms with Gasteiger partial charge in [0.1, 0.15) is 5.82 Å². The summed E-state index contributed by atoms with van der Waals surface area (Å²) in [6.07, 6.45) is 2.78. The van der Waals surface area contributed by atoms with E-state index in [4.69, 9.17) is 0 Å². The first-order chi connectivity index (χ1) is 13.1. The number of rotatable bonds is 4. The molecule has 0 N–H and O–H groups in total. The van der Waals surface area contributed by atoms with Crippen molar-refractivity contribution in [1.82, 2.24) is 9.91 Å². The van der Waals surface area contributed by atoms with Gasteiger partial charge < -0.3 is 0 Å². The number of likely N-dealkylation sites (tertiary alicyclic amines) is 1. The Kier molecular flexibility index (Phi) is 5.03. The third-order valence-corrected chi connectivity index (χ3v) is 5.34. The molecule has 2 heterocycles. The molecule has 0 bridgehead atoms. The molecule has 0 saturated carbocycles. The second-order valence-electron chi connectivity index (χ2n) is 7.38. The molecule has 2 aromatic rings. The Bertz CT molecular complexity index is 873. The number of nitrogens with zero attached hydrogens (tertiary/aromatic N) is 3.